The van der Waals surface area contributed by atoms with E-state index in [9.17, 15) is 14.7 Å². The van der Waals surface area contributed by atoms with Gasteiger partial charge < -0.3 is 15.3 Å². The smallest absolute Gasteiger partial charge is 0.287 e. The van der Waals surface area contributed by atoms with Gasteiger partial charge in [-0.1, -0.05) is 30.3 Å². The van der Waals surface area contributed by atoms with Crippen molar-refractivity contribution in [1.29, 1.82) is 0 Å². The number of aromatic hydroxyl groups is 1. The van der Waals surface area contributed by atoms with Gasteiger partial charge in [0, 0.05) is 25.3 Å². The van der Waals surface area contributed by atoms with Crippen LogP contribution in [0.15, 0.2) is 86.5 Å². The molecule has 0 unspecified atom stereocenters. The molecule has 7 nitrogen and oxygen atoms in total. The normalized spacial score (nSPS) is 11.4. The summed E-state index contributed by atoms with van der Waals surface area (Å²) in [6.07, 6.45) is 3.01. The van der Waals surface area contributed by atoms with Gasteiger partial charge in [-0.15, -0.1) is 0 Å². The number of halogens is 2. The summed E-state index contributed by atoms with van der Waals surface area (Å²) in [6.45, 7) is 0. The van der Waals surface area contributed by atoms with E-state index >= 15 is 0 Å². The van der Waals surface area contributed by atoms with Gasteiger partial charge in [0.25, 0.3) is 11.8 Å². The minimum Gasteiger partial charge on any atom is -0.506 e. The lowest BCUT2D eigenvalue weighted by atomic mass is 10.1. The fourth-order valence-electron chi connectivity index (χ4n) is 2.86. The number of anilines is 1. The van der Waals surface area contributed by atoms with Gasteiger partial charge in [-0.2, -0.15) is 5.10 Å². The Morgan fingerprint density at radius 1 is 0.941 bits per heavy atom. The minimum atomic E-state index is -0.589. The van der Waals surface area contributed by atoms with Crippen molar-refractivity contribution in [3.8, 4) is 5.75 Å². The molecule has 0 heterocycles. The van der Waals surface area contributed by atoms with Crippen molar-refractivity contribution >= 4 is 61.7 Å². The standard InChI is InChI=1S/C25H22Br2N4O3/c1-31(2)19-10-8-16(9-11-19)14-22(29-24(33)18-6-4-3-5-7-18)25(34)30-28-15-17-12-20(26)23(32)21(27)13-17/h3-15,32H,1-2H3,(H,29,33)(H,30,34)/b22-14-,28-15-. The second-order valence-corrected chi connectivity index (χ2v) is 9.11. The maximum absolute atomic E-state index is 12.9. The Morgan fingerprint density at radius 3 is 2.15 bits per heavy atom. The molecule has 3 aromatic rings. The molecule has 174 valence electrons. The molecule has 2 amide bonds. The van der Waals surface area contributed by atoms with Crippen molar-refractivity contribution in [3.05, 3.63) is 98.1 Å². The van der Waals surface area contributed by atoms with Crippen LogP contribution in [-0.4, -0.2) is 37.2 Å². The molecule has 0 saturated heterocycles. The summed E-state index contributed by atoms with van der Waals surface area (Å²) in [6, 6.07) is 19.5. The number of hydrazone groups is 1. The number of nitrogens with one attached hydrogen (secondary N) is 2. The van der Waals surface area contributed by atoms with Crippen LogP contribution in [0, 0.1) is 0 Å². The Balaban J connectivity index is 1.83. The van der Waals surface area contributed by atoms with E-state index in [0.717, 1.165) is 11.3 Å². The third-order valence-corrected chi connectivity index (χ3v) is 5.88. The largest absolute Gasteiger partial charge is 0.506 e. The number of benzene rings is 3. The summed E-state index contributed by atoms with van der Waals surface area (Å²) in [5.74, 6) is -0.938. The summed E-state index contributed by atoms with van der Waals surface area (Å²) >= 11 is 6.51. The fourth-order valence-corrected chi connectivity index (χ4v) is 4.08. The lowest BCUT2D eigenvalue weighted by Crippen LogP contribution is -2.32. The lowest BCUT2D eigenvalue weighted by molar-refractivity contribution is -0.117. The highest BCUT2D eigenvalue weighted by Crippen LogP contribution is 2.32. The van der Waals surface area contributed by atoms with E-state index in [1.165, 1.54) is 6.21 Å². The van der Waals surface area contributed by atoms with Crippen molar-refractivity contribution in [2.45, 2.75) is 0 Å². The van der Waals surface area contributed by atoms with E-state index in [1.54, 1.807) is 48.5 Å². The third-order valence-electron chi connectivity index (χ3n) is 4.67. The van der Waals surface area contributed by atoms with Crippen LogP contribution >= 0.6 is 31.9 Å². The van der Waals surface area contributed by atoms with Crippen molar-refractivity contribution in [1.82, 2.24) is 10.7 Å². The average molecular weight is 586 g/mol. The molecule has 0 saturated carbocycles. The van der Waals surface area contributed by atoms with Gasteiger partial charge in [-0.3, -0.25) is 9.59 Å². The molecule has 3 aromatic carbocycles. The van der Waals surface area contributed by atoms with Gasteiger partial charge in [0.15, 0.2) is 0 Å². The van der Waals surface area contributed by atoms with E-state index in [1.807, 2.05) is 43.3 Å². The monoisotopic (exact) mass is 584 g/mol. The highest BCUT2D eigenvalue weighted by Gasteiger charge is 2.14. The topological polar surface area (TPSA) is 94.0 Å². The molecular weight excluding hydrogens is 564 g/mol. The van der Waals surface area contributed by atoms with E-state index in [2.05, 4.69) is 47.7 Å². The lowest BCUT2D eigenvalue weighted by Gasteiger charge is -2.12. The first-order valence-electron chi connectivity index (χ1n) is 10.1. The number of hydrogen-bond donors (Lipinski definition) is 3. The molecule has 0 atom stereocenters. The Hall–Kier alpha value is -3.43. The zero-order valence-corrected chi connectivity index (χ0v) is 21.6. The molecule has 0 radical (unpaired) electrons. The Morgan fingerprint density at radius 2 is 1.56 bits per heavy atom. The number of phenols is 1. The molecule has 0 aliphatic heterocycles. The highest BCUT2D eigenvalue weighted by molar-refractivity contribution is 9.11. The van der Waals surface area contributed by atoms with Gasteiger partial charge in [0.2, 0.25) is 0 Å². The third kappa shape index (κ3) is 6.79. The van der Waals surface area contributed by atoms with Crippen LogP contribution in [0.2, 0.25) is 0 Å². The van der Waals surface area contributed by atoms with Crippen molar-refractivity contribution in [2.24, 2.45) is 5.10 Å². The summed E-state index contributed by atoms with van der Waals surface area (Å²) in [5.41, 5.74) is 5.28. The molecule has 9 heteroatoms. The zero-order valence-electron chi connectivity index (χ0n) is 18.4. The van der Waals surface area contributed by atoms with Crippen molar-refractivity contribution in [3.63, 3.8) is 0 Å². The Kier molecular flexibility index (Phi) is 8.61. The van der Waals surface area contributed by atoms with Crippen molar-refractivity contribution < 1.29 is 14.7 Å². The molecule has 0 spiro atoms. The van der Waals surface area contributed by atoms with E-state index in [4.69, 9.17) is 0 Å². The van der Waals surface area contributed by atoms with Gasteiger partial charge in [0.1, 0.15) is 11.4 Å². The highest BCUT2D eigenvalue weighted by atomic mass is 79.9. The summed E-state index contributed by atoms with van der Waals surface area (Å²) in [4.78, 5) is 27.5. The Labute approximate surface area is 214 Å². The van der Waals surface area contributed by atoms with E-state index < -0.39 is 11.8 Å². The van der Waals surface area contributed by atoms with Crippen LogP contribution < -0.4 is 15.6 Å². The predicted octanol–water partition coefficient (Wildman–Crippen LogP) is 4.90. The van der Waals surface area contributed by atoms with Crippen LogP contribution in [0.25, 0.3) is 6.08 Å². The van der Waals surface area contributed by atoms with Crippen molar-refractivity contribution in [2.75, 3.05) is 19.0 Å². The van der Waals surface area contributed by atoms with E-state index in [0.29, 0.717) is 20.1 Å². The molecule has 34 heavy (non-hydrogen) atoms. The second kappa shape index (κ2) is 11.6. The molecule has 0 aromatic heterocycles. The van der Waals surface area contributed by atoms with Gasteiger partial charge in [0.05, 0.1) is 15.2 Å². The fraction of sp³-hybridized carbons (Fsp3) is 0.0800. The summed E-state index contributed by atoms with van der Waals surface area (Å²) < 4.78 is 0.957. The molecule has 0 aliphatic carbocycles. The molecule has 0 bridgehead atoms. The SMILES string of the molecule is CN(C)c1ccc(/C=C(\NC(=O)c2ccccc2)C(=O)N/N=C\c2cc(Br)c(O)c(Br)c2)cc1. The molecule has 3 N–H and O–H groups in total. The maximum atomic E-state index is 12.9. The summed E-state index contributed by atoms with van der Waals surface area (Å²) in [7, 11) is 3.87. The molecular formula is C25H22Br2N4O3. The first kappa shape index (κ1) is 25.2. The molecule has 0 fully saturated rings. The minimum absolute atomic E-state index is 0.0386. The van der Waals surface area contributed by atoms with Crippen LogP contribution in [0.3, 0.4) is 0 Å². The number of rotatable bonds is 7. The zero-order chi connectivity index (χ0) is 24.7. The van der Waals surface area contributed by atoms with Gasteiger partial charge in [-0.25, -0.2) is 5.43 Å². The summed E-state index contributed by atoms with van der Waals surface area (Å²) in [5, 5.41) is 16.5. The Bertz CT molecular complexity index is 1220. The maximum Gasteiger partial charge on any atom is 0.287 e. The van der Waals surface area contributed by atoms with Gasteiger partial charge >= 0.3 is 0 Å². The molecule has 3 rings (SSSR count). The van der Waals surface area contributed by atoms with Crippen LogP contribution in [0.5, 0.6) is 5.75 Å². The number of nitrogens with zero attached hydrogens (tertiary/aromatic N) is 2. The molecule has 0 aliphatic rings. The van der Waals surface area contributed by atoms with E-state index in [-0.39, 0.29) is 11.4 Å². The number of carbonyl (C=O) groups is 2. The second-order valence-electron chi connectivity index (χ2n) is 7.40. The first-order valence-corrected chi connectivity index (χ1v) is 11.7. The number of carbonyl (C=O) groups excluding carboxylic acids is 2. The number of hydrogen-bond acceptors (Lipinski definition) is 5. The average Bonchev–Trinajstić information content (AvgIpc) is 2.82. The number of phenolic OH excluding ortho intramolecular Hbond substituents is 1. The van der Waals surface area contributed by atoms with Crippen LogP contribution in [0.1, 0.15) is 21.5 Å². The van der Waals surface area contributed by atoms with Crippen LogP contribution in [0.4, 0.5) is 5.69 Å². The predicted molar refractivity (Wildman–Crippen MR) is 142 cm³/mol. The first-order chi connectivity index (χ1) is 16.2. The number of amides is 2. The van der Waals surface area contributed by atoms with Crippen LogP contribution in [-0.2, 0) is 4.79 Å². The van der Waals surface area contributed by atoms with Gasteiger partial charge in [-0.05, 0) is 85.5 Å². The quantitative estimate of drug-likeness (QED) is 0.209.